The van der Waals surface area contributed by atoms with Gasteiger partial charge in [0.2, 0.25) is 0 Å². The zero-order valence-electron chi connectivity index (χ0n) is 9.92. The Morgan fingerprint density at radius 1 is 1.28 bits per heavy atom. The van der Waals surface area contributed by atoms with Gasteiger partial charge in [0, 0.05) is 5.33 Å². The molecule has 2 unspecified atom stereocenters. The maximum absolute atomic E-state index is 9.87. The molecule has 1 rings (SSSR count). The fourth-order valence-electron chi connectivity index (χ4n) is 1.47. The van der Waals surface area contributed by atoms with E-state index in [1.165, 1.54) is 0 Å². The molecule has 18 heavy (non-hydrogen) atoms. The summed E-state index contributed by atoms with van der Waals surface area (Å²) >= 11 is 3.22. The largest absolute Gasteiger partial charge is 0.493 e. The first-order valence-electron chi connectivity index (χ1n) is 5.71. The molecule has 0 aliphatic rings. The van der Waals surface area contributed by atoms with E-state index in [9.17, 15) is 10.2 Å². The number of aliphatic hydroxyl groups excluding tert-OH is 2. The average molecular weight is 314 g/mol. The third-order valence-electron chi connectivity index (χ3n) is 2.47. The first-order valence-corrected chi connectivity index (χ1v) is 6.83. The lowest BCUT2D eigenvalue weighted by Crippen LogP contribution is -2.18. The standard InChI is InChI=1S/C13H16BrNO3/c14-7-6-12(16)13(17)10-2-4-11(5-3-10)18-9-1-8-15/h2-5,12-13,16-17H,1,6-7,9H2. The van der Waals surface area contributed by atoms with E-state index in [0.717, 1.165) is 0 Å². The van der Waals surface area contributed by atoms with Crippen molar-refractivity contribution in [2.24, 2.45) is 0 Å². The van der Waals surface area contributed by atoms with Crippen LogP contribution in [-0.2, 0) is 0 Å². The second kappa shape index (κ2) is 8.09. The van der Waals surface area contributed by atoms with Gasteiger partial charge in [-0.1, -0.05) is 28.1 Å². The van der Waals surface area contributed by atoms with Crippen molar-refractivity contribution in [1.82, 2.24) is 0 Å². The molecule has 0 aliphatic carbocycles. The van der Waals surface area contributed by atoms with Crippen LogP contribution in [0.1, 0.15) is 24.5 Å². The van der Waals surface area contributed by atoms with E-state index in [1.807, 2.05) is 6.07 Å². The number of aliphatic hydroxyl groups is 2. The maximum atomic E-state index is 9.87. The zero-order valence-corrected chi connectivity index (χ0v) is 11.5. The minimum absolute atomic E-state index is 0.342. The Kier molecular flexibility index (Phi) is 6.73. The molecule has 98 valence electrons. The molecule has 4 nitrogen and oxygen atoms in total. The summed E-state index contributed by atoms with van der Waals surface area (Å²) in [5, 5.41) is 28.6. The van der Waals surface area contributed by atoms with Crippen molar-refractivity contribution in [3.05, 3.63) is 29.8 Å². The van der Waals surface area contributed by atoms with Crippen molar-refractivity contribution in [1.29, 1.82) is 5.26 Å². The summed E-state index contributed by atoms with van der Waals surface area (Å²) in [4.78, 5) is 0. The smallest absolute Gasteiger partial charge is 0.119 e. The number of alkyl halides is 1. The molecule has 0 bridgehead atoms. The number of ether oxygens (including phenoxy) is 1. The lowest BCUT2D eigenvalue weighted by molar-refractivity contribution is 0.0173. The third kappa shape index (κ3) is 4.65. The maximum Gasteiger partial charge on any atom is 0.119 e. The molecule has 0 heterocycles. The molecule has 0 aromatic heterocycles. The third-order valence-corrected chi connectivity index (χ3v) is 2.93. The number of nitriles is 1. The fourth-order valence-corrected chi connectivity index (χ4v) is 1.94. The molecule has 0 aliphatic heterocycles. The molecular weight excluding hydrogens is 298 g/mol. The Morgan fingerprint density at radius 2 is 1.94 bits per heavy atom. The van der Waals surface area contributed by atoms with Crippen LogP contribution < -0.4 is 4.74 Å². The Morgan fingerprint density at radius 3 is 2.50 bits per heavy atom. The van der Waals surface area contributed by atoms with Gasteiger partial charge in [-0.2, -0.15) is 5.26 Å². The summed E-state index contributed by atoms with van der Waals surface area (Å²) in [5.74, 6) is 0.649. The van der Waals surface area contributed by atoms with Crippen LogP contribution in [0.2, 0.25) is 0 Å². The van der Waals surface area contributed by atoms with Gasteiger partial charge in [-0.25, -0.2) is 0 Å². The fraction of sp³-hybridized carbons (Fsp3) is 0.462. The number of nitrogens with zero attached hydrogens (tertiary/aromatic N) is 1. The van der Waals surface area contributed by atoms with Crippen molar-refractivity contribution < 1.29 is 14.9 Å². The molecule has 0 spiro atoms. The van der Waals surface area contributed by atoms with Crippen molar-refractivity contribution >= 4 is 15.9 Å². The van der Waals surface area contributed by atoms with Crippen LogP contribution >= 0.6 is 15.9 Å². The van der Waals surface area contributed by atoms with Crippen molar-refractivity contribution in [2.45, 2.75) is 25.0 Å². The van der Waals surface area contributed by atoms with Crippen LogP contribution in [-0.4, -0.2) is 28.3 Å². The highest BCUT2D eigenvalue weighted by atomic mass is 79.9. The van der Waals surface area contributed by atoms with Gasteiger partial charge in [-0.3, -0.25) is 0 Å². The molecule has 1 aromatic carbocycles. The van der Waals surface area contributed by atoms with Crippen LogP contribution in [0.15, 0.2) is 24.3 Å². The molecule has 0 fully saturated rings. The van der Waals surface area contributed by atoms with Crippen molar-refractivity contribution in [3.8, 4) is 11.8 Å². The predicted molar refractivity (Wildman–Crippen MR) is 71.5 cm³/mol. The molecule has 0 amide bonds. The van der Waals surface area contributed by atoms with Gasteiger partial charge in [0.25, 0.3) is 0 Å². The molecule has 0 saturated heterocycles. The number of hydrogen-bond acceptors (Lipinski definition) is 4. The van der Waals surface area contributed by atoms with E-state index in [1.54, 1.807) is 24.3 Å². The summed E-state index contributed by atoms with van der Waals surface area (Å²) in [6.45, 7) is 0.352. The van der Waals surface area contributed by atoms with Crippen molar-refractivity contribution in [2.75, 3.05) is 11.9 Å². The quantitative estimate of drug-likeness (QED) is 0.597. The van der Waals surface area contributed by atoms with Gasteiger partial charge in [0.05, 0.1) is 18.6 Å². The van der Waals surface area contributed by atoms with Gasteiger partial charge in [-0.15, -0.1) is 0 Å². The van der Waals surface area contributed by atoms with E-state index in [4.69, 9.17) is 10.00 Å². The Hall–Kier alpha value is -1.09. The van der Waals surface area contributed by atoms with Crippen LogP contribution in [0.25, 0.3) is 0 Å². The lowest BCUT2D eigenvalue weighted by atomic mass is 10.0. The Balaban J connectivity index is 2.56. The molecule has 0 radical (unpaired) electrons. The van der Waals surface area contributed by atoms with Gasteiger partial charge in [-0.05, 0) is 24.1 Å². The number of benzene rings is 1. The highest BCUT2D eigenvalue weighted by Crippen LogP contribution is 2.22. The number of halogens is 1. The first kappa shape index (κ1) is 15.0. The molecule has 2 N–H and O–H groups in total. The Labute approximate surface area is 115 Å². The Bertz CT molecular complexity index is 388. The van der Waals surface area contributed by atoms with Gasteiger partial charge in [0.1, 0.15) is 18.5 Å². The molecule has 5 heteroatoms. The highest BCUT2D eigenvalue weighted by Gasteiger charge is 2.17. The van der Waals surface area contributed by atoms with E-state index >= 15 is 0 Å². The minimum atomic E-state index is -0.893. The topological polar surface area (TPSA) is 73.5 Å². The first-order chi connectivity index (χ1) is 8.69. The lowest BCUT2D eigenvalue weighted by Gasteiger charge is -2.17. The van der Waals surface area contributed by atoms with E-state index < -0.39 is 12.2 Å². The second-order valence-electron chi connectivity index (χ2n) is 3.82. The summed E-state index contributed by atoms with van der Waals surface area (Å²) in [6.07, 6.45) is -0.846. The van der Waals surface area contributed by atoms with Crippen LogP contribution in [0.4, 0.5) is 0 Å². The van der Waals surface area contributed by atoms with E-state index in [2.05, 4.69) is 15.9 Å². The van der Waals surface area contributed by atoms with Crippen LogP contribution in [0, 0.1) is 11.3 Å². The van der Waals surface area contributed by atoms with Gasteiger partial charge in [0.15, 0.2) is 0 Å². The summed E-state index contributed by atoms with van der Waals surface area (Å²) in [7, 11) is 0. The summed E-state index contributed by atoms with van der Waals surface area (Å²) < 4.78 is 5.31. The highest BCUT2D eigenvalue weighted by molar-refractivity contribution is 9.09. The molecule has 1 aromatic rings. The SMILES string of the molecule is N#CCCOc1ccc(C(O)C(O)CCBr)cc1. The number of hydrogen-bond donors (Lipinski definition) is 2. The monoisotopic (exact) mass is 313 g/mol. The van der Waals surface area contributed by atoms with Crippen LogP contribution in [0.5, 0.6) is 5.75 Å². The van der Waals surface area contributed by atoms with Crippen LogP contribution in [0.3, 0.4) is 0 Å². The molecule has 0 saturated carbocycles. The molecule has 2 atom stereocenters. The zero-order chi connectivity index (χ0) is 13.4. The van der Waals surface area contributed by atoms with Crippen molar-refractivity contribution in [3.63, 3.8) is 0 Å². The van der Waals surface area contributed by atoms with Gasteiger partial charge < -0.3 is 14.9 Å². The minimum Gasteiger partial charge on any atom is -0.493 e. The van der Waals surface area contributed by atoms with Gasteiger partial charge >= 0.3 is 0 Å². The average Bonchev–Trinajstić information content (AvgIpc) is 2.39. The molecular formula is C13H16BrNO3. The number of rotatable bonds is 7. The van der Waals surface area contributed by atoms with E-state index in [-0.39, 0.29) is 0 Å². The predicted octanol–water partition coefficient (Wildman–Crippen LogP) is 2.16. The second-order valence-corrected chi connectivity index (χ2v) is 4.61. The summed E-state index contributed by atoms with van der Waals surface area (Å²) in [6, 6.07) is 8.86. The summed E-state index contributed by atoms with van der Waals surface area (Å²) in [5.41, 5.74) is 0.649. The normalized spacial score (nSPS) is 13.7. The van der Waals surface area contributed by atoms with E-state index in [0.29, 0.717) is 36.1 Å².